The van der Waals surface area contributed by atoms with Gasteiger partial charge in [0.15, 0.2) is 0 Å². The van der Waals surface area contributed by atoms with E-state index < -0.39 is 0 Å². The van der Waals surface area contributed by atoms with E-state index in [0.717, 1.165) is 11.4 Å². The third kappa shape index (κ3) is 4.13. The van der Waals surface area contributed by atoms with E-state index in [-0.39, 0.29) is 5.91 Å². The maximum Gasteiger partial charge on any atom is 0.230 e. The van der Waals surface area contributed by atoms with E-state index in [1.165, 1.54) is 24.6 Å². The first-order valence-electron chi connectivity index (χ1n) is 5.59. The van der Waals surface area contributed by atoms with Crippen LogP contribution in [0.2, 0.25) is 5.02 Å². The minimum Gasteiger partial charge on any atom is -0.398 e. The van der Waals surface area contributed by atoms with Gasteiger partial charge in [0.05, 0.1) is 5.75 Å². The Bertz CT molecular complexity index is 421. The molecular weight excluding hydrogens is 256 g/mol. The monoisotopic (exact) mass is 270 g/mol. The van der Waals surface area contributed by atoms with Crippen molar-refractivity contribution in [2.75, 3.05) is 18.0 Å². The lowest BCUT2D eigenvalue weighted by molar-refractivity contribution is -0.118. The molecule has 17 heavy (non-hydrogen) atoms. The summed E-state index contributed by atoms with van der Waals surface area (Å²) in [7, 11) is 0. The van der Waals surface area contributed by atoms with Gasteiger partial charge in [-0.2, -0.15) is 0 Å². The molecule has 1 aromatic carbocycles. The fourth-order valence-corrected chi connectivity index (χ4v) is 2.48. The molecule has 1 saturated carbocycles. The molecule has 5 heteroatoms. The number of amides is 1. The molecule has 0 aromatic heterocycles. The normalized spacial score (nSPS) is 14.6. The molecule has 1 amide bonds. The van der Waals surface area contributed by atoms with Crippen LogP contribution in [0.5, 0.6) is 0 Å². The number of hydrogen-bond acceptors (Lipinski definition) is 3. The number of rotatable bonds is 5. The van der Waals surface area contributed by atoms with Crippen LogP contribution in [-0.2, 0) is 4.79 Å². The van der Waals surface area contributed by atoms with Crippen LogP contribution >= 0.6 is 23.4 Å². The predicted octanol–water partition coefficient (Wildman–Crippen LogP) is 2.54. The van der Waals surface area contributed by atoms with Gasteiger partial charge < -0.3 is 11.1 Å². The Balaban J connectivity index is 1.79. The number of carbonyl (C=O) groups is 1. The Labute approximate surface area is 110 Å². The maximum atomic E-state index is 11.5. The van der Waals surface area contributed by atoms with E-state index in [2.05, 4.69) is 5.32 Å². The lowest BCUT2D eigenvalue weighted by Gasteiger charge is -2.06. The van der Waals surface area contributed by atoms with Crippen LogP contribution in [0.1, 0.15) is 12.8 Å². The fraction of sp³-hybridized carbons (Fsp3) is 0.417. The summed E-state index contributed by atoms with van der Waals surface area (Å²) < 4.78 is 0. The highest BCUT2D eigenvalue weighted by Gasteiger charge is 2.21. The Morgan fingerprint density at radius 3 is 3.00 bits per heavy atom. The minimum atomic E-state index is 0.0567. The predicted molar refractivity (Wildman–Crippen MR) is 72.3 cm³/mol. The van der Waals surface area contributed by atoms with Gasteiger partial charge in [0.2, 0.25) is 5.91 Å². The van der Waals surface area contributed by atoms with Crippen LogP contribution < -0.4 is 11.1 Å². The van der Waals surface area contributed by atoms with Crippen LogP contribution in [0, 0.1) is 5.92 Å². The van der Waals surface area contributed by atoms with Crippen molar-refractivity contribution in [3.63, 3.8) is 0 Å². The van der Waals surface area contributed by atoms with Crippen LogP contribution in [0.15, 0.2) is 23.1 Å². The summed E-state index contributed by atoms with van der Waals surface area (Å²) in [5.41, 5.74) is 6.46. The first-order chi connectivity index (χ1) is 8.15. The summed E-state index contributed by atoms with van der Waals surface area (Å²) in [4.78, 5) is 12.4. The number of anilines is 1. The van der Waals surface area contributed by atoms with Gasteiger partial charge in [0.1, 0.15) is 0 Å². The quantitative estimate of drug-likeness (QED) is 0.639. The second-order valence-electron chi connectivity index (χ2n) is 4.22. The van der Waals surface area contributed by atoms with Gasteiger partial charge in [-0.15, -0.1) is 11.8 Å². The summed E-state index contributed by atoms with van der Waals surface area (Å²) >= 11 is 7.29. The molecule has 2 rings (SSSR count). The molecule has 1 fully saturated rings. The van der Waals surface area contributed by atoms with Gasteiger partial charge in [-0.25, -0.2) is 0 Å². The minimum absolute atomic E-state index is 0.0567. The van der Waals surface area contributed by atoms with Crippen molar-refractivity contribution in [3.05, 3.63) is 23.2 Å². The second kappa shape index (κ2) is 5.65. The van der Waals surface area contributed by atoms with Crippen LogP contribution in [-0.4, -0.2) is 18.2 Å². The highest BCUT2D eigenvalue weighted by Crippen LogP contribution is 2.29. The molecular formula is C12H15ClN2OS. The van der Waals surface area contributed by atoms with Crippen LogP contribution in [0.3, 0.4) is 0 Å². The number of nitrogen functional groups attached to an aromatic ring is 1. The zero-order chi connectivity index (χ0) is 12.3. The number of nitrogens with one attached hydrogen (secondary N) is 1. The molecule has 0 unspecified atom stereocenters. The average molecular weight is 271 g/mol. The van der Waals surface area contributed by atoms with Crippen molar-refractivity contribution in [3.8, 4) is 0 Å². The molecule has 3 N–H and O–H groups in total. The lowest BCUT2D eigenvalue weighted by Crippen LogP contribution is -2.27. The van der Waals surface area contributed by atoms with E-state index in [0.29, 0.717) is 22.4 Å². The molecule has 3 nitrogen and oxygen atoms in total. The molecule has 1 aliphatic carbocycles. The molecule has 0 saturated heterocycles. The smallest absolute Gasteiger partial charge is 0.230 e. The third-order valence-corrected chi connectivity index (χ3v) is 3.93. The molecule has 0 heterocycles. The summed E-state index contributed by atoms with van der Waals surface area (Å²) in [6.45, 7) is 0.810. The summed E-state index contributed by atoms with van der Waals surface area (Å²) in [6, 6.07) is 5.29. The number of thioether (sulfide) groups is 1. The largest absolute Gasteiger partial charge is 0.398 e. The van der Waals surface area contributed by atoms with E-state index in [1.54, 1.807) is 18.2 Å². The van der Waals surface area contributed by atoms with E-state index >= 15 is 0 Å². The Morgan fingerprint density at radius 2 is 2.29 bits per heavy atom. The van der Waals surface area contributed by atoms with Crippen molar-refractivity contribution in [1.82, 2.24) is 5.32 Å². The molecule has 1 aromatic rings. The molecule has 0 bridgehead atoms. The Kier molecular flexibility index (Phi) is 4.18. The topological polar surface area (TPSA) is 55.1 Å². The van der Waals surface area contributed by atoms with Gasteiger partial charge in [-0.1, -0.05) is 11.6 Å². The average Bonchev–Trinajstić information content (AvgIpc) is 3.11. The zero-order valence-electron chi connectivity index (χ0n) is 9.41. The van der Waals surface area contributed by atoms with E-state index in [9.17, 15) is 4.79 Å². The number of hydrogen-bond donors (Lipinski definition) is 2. The van der Waals surface area contributed by atoms with Gasteiger partial charge in [0, 0.05) is 22.2 Å². The highest BCUT2D eigenvalue weighted by atomic mass is 35.5. The van der Waals surface area contributed by atoms with Crippen molar-refractivity contribution in [1.29, 1.82) is 0 Å². The highest BCUT2D eigenvalue weighted by molar-refractivity contribution is 8.00. The summed E-state index contributed by atoms with van der Waals surface area (Å²) in [5.74, 6) is 1.15. The van der Waals surface area contributed by atoms with Crippen molar-refractivity contribution in [2.24, 2.45) is 5.92 Å². The third-order valence-electron chi connectivity index (χ3n) is 2.62. The second-order valence-corrected chi connectivity index (χ2v) is 5.67. The summed E-state index contributed by atoms with van der Waals surface area (Å²) in [5, 5.41) is 3.55. The number of nitrogens with two attached hydrogens (primary N) is 1. The van der Waals surface area contributed by atoms with Gasteiger partial charge in [-0.3, -0.25) is 4.79 Å². The van der Waals surface area contributed by atoms with E-state index in [1.807, 2.05) is 0 Å². The van der Waals surface area contributed by atoms with Gasteiger partial charge in [-0.05, 0) is 37.0 Å². The van der Waals surface area contributed by atoms with Crippen molar-refractivity contribution >= 4 is 35.0 Å². The standard InChI is InChI=1S/C12H15ClN2OS/c13-9-3-4-10(14)11(5-9)17-7-12(16)15-6-8-1-2-8/h3-5,8H,1-2,6-7,14H2,(H,15,16). The Morgan fingerprint density at radius 1 is 1.53 bits per heavy atom. The number of halogens is 1. The molecule has 0 spiro atoms. The van der Waals surface area contributed by atoms with Crippen molar-refractivity contribution < 1.29 is 4.79 Å². The first-order valence-corrected chi connectivity index (χ1v) is 6.96. The lowest BCUT2D eigenvalue weighted by atomic mass is 10.3. The maximum absolute atomic E-state index is 11.5. The van der Waals surface area contributed by atoms with E-state index in [4.69, 9.17) is 17.3 Å². The SMILES string of the molecule is Nc1ccc(Cl)cc1SCC(=O)NCC1CC1. The molecule has 0 radical (unpaired) electrons. The zero-order valence-corrected chi connectivity index (χ0v) is 11.0. The number of benzene rings is 1. The number of carbonyl (C=O) groups excluding carboxylic acids is 1. The molecule has 0 atom stereocenters. The molecule has 0 aliphatic heterocycles. The fourth-order valence-electron chi connectivity index (χ4n) is 1.41. The van der Waals surface area contributed by atoms with Crippen molar-refractivity contribution in [2.45, 2.75) is 17.7 Å². The Hall–Kier alpha value is -0.870. The molecule has 92 valence electrons. The molecule has 1 aliphatic rings. The summed E-state index contributed by atoms with van der Waals surface area (Å²) in [6.07, 6.45) is 2.49. The van der Waals surface area contributed by atoms with Gasteiger partial charge >= 0.3 is 0 Å². The van der Waals surface area contributed by atoms with Gasteiger partial charge in [0.25, 0.3) is 0 Å². The van der Waals surface area contributed by atoms with Crippen LogP contribution in [0.4, 0.5) is 5.69 Å². The first kappa shape index (κ1) is 12.6. The van der Waals surface area contributed by atoms with Crippen LogP contribution in [0.25, 0.3) is 0 Å².